The Hall–Kier alpha value is -2.55. The third-order valence-corrected chi connectivity index (χ3v) is 3.00. The summed E-state index contributed by atoms with van der Waals surface area (Å²) < 4.78 is 0.549. The standard InChI is InChI=1S/C12H10BrN5O3/c1-14-8-4-7(2-3-9(8)18(20)21)12(19)17-11-6-15-10(13)5-16-11/h2-6,14H,1H3,(H,16,17,19). The van der Waals surface area contributed by atoms with Gasteiger partial charge in [0.2, 0.25) is 0 Å². The fourth-order valence-electron chi connectivity index (χ4n) is 1.60. The van der Waals surface area contributed by atoms with E-state index in [0.717, 1.165) is 0 Å². The molecule has 0 fully saturated rings. The van der Waals surface area contributed by atoms with Crippen LogP contribution in [0.15, 0.2) is 35.2 Å². The minimum Gasteiger partial charge on any atom is -0.383 e. The number of rotatable bonds is 4. The van der Waals surface area contributed by atoms with Crippen molar-refractivity contribution in [3.05, 3.63) is 50.9 Å². The normalized spacial score (nSPS) is 10.0. The first-order chi connectivity index (χ1) is 10.0. The molecule has 0 aliphatic heterocycles. The third-order valence-electron chi connectivity index (χ3n) is 2.59. The van der Waals surface area contributed by atoms with E-state index in [1.807, 2.05) is 0 Å². The van der Waals surface area contributed by atoms with Gasteiger partial charge in [0.25, 0.3) is 11.6 Å². The molecule has 1 amide bonds. The van der Waals surface area contributed by atoms with Gasteiger partial charge in [-0.25, -0.2) is 9.97 Å². The van der Waals surface area contributed by atoms with Crippen molar-refractivity contribution in [3.8, 4) is 0 Å². The Kier molecular flexibility index (Phi) is 4.43. The molecule has 108 valence electrons. The SMILES string of the molecule is CNc1cc(C(=O)Nc2cnc(Br)cn2)ccc1[N+](=O)[O-]. The van der Waals surface area contributed by atoms with Gasteiger partial charge in [-0.05, 0) is 28.1 Å². The van der Waals surface area contributed by atoms with Crippen LogP contribution < -0.4 is 10.6 Å². The molecule has 0 aliphatic rings. The van der Waals surface area contributed by atoms with Gasteiger partial charge in [0.15, 0.2) is 5.82 Å². The Balaban J connectivity index is 2.23. The van der Waals surface area contributed by atoms with E-state index in [1.165, 1.54) is 30.6 Å². The van der Waals surface area contributed by atoms with E-state index < -0.39 is 10.8 Å². The molecule has 0 atom stereocenters. The number of hydrogen-bond acceptors (Lipinski definition) is 6. The highest BCUT2D eigenvalue weighted by Gasteiger charge is 2.16. The molecule has 0 unspecified atom stereocenters. The molecule has 1 heterocycles. The van der Waals surface area contributed by atoms with Crippen molar-refractivity contribution in [2.45, 2.75) is 0 Å². The maximum Gasteiger partial charge on any atom is 0.292 e. The van der Waals surface area contributed by atoms with E-state index in [-0.39, 0.29) is 22.8 Å². The molecular weight excluding hydrogens is 342 g/mol. The summed E-state index contributed by atoms with van der Waals surface area (Å²) >= 11 is 3.14. The minimum atomic E-state index is -0.520. The number of nitrogens with zero attached hydrogens (tertiary/aromatic N) is 3. The number of nitro groups is 1. The van der Waals surface area contributed by atoms with Crippen LogP contribution in [0.5, 0.6) is 0 Å². The van der Waals surface area contributed by atoms with Crippen molar-refractivity contribution in [2.75, 3.05) is 17.7 Å². The topological polar surface area (TPSA) is 110 Å². The predicted octanol–water partition coefficient (Wildman–Crippen LogP) is 2.44. The van der Waals surface area contributed by atoms with Crippen LogP contribution in [0, 0.1) is 10.1 Å². The largest absolute Gasteiger partial charge is 0.383 e. The minimum absolute atomic E-state index is 0.0996. The smallest absolute Gasteiger partial charge is 0.292 e. The van der Waals surface area contributed by atoms with Gasteiger partial charge in [-0.3, -0.25) is 14.9 Å². The number of hydrogen-bond donors (Lipinski definition) is 2. The highest BCUT2D eigenvalue weighted by Crippen LogP contribution is 2.25. The average Bonchev–Trinajstić information content (AvgIpc) is 2.48. The first-order valence-corrected chi connectivity index (χ1v) is 6.55. The van der Waals surface area contributed by atoms with Crippen molar-refractivity contribution in [1.29, 1.82) is 0 Å². The maximum atomic E-state index is 12.1. The van der Waals surface area contributed by atoms with Gasteiger partial charge >= 0.3 is 0 Å². The number of carbonyl (C=O) groups is 1. The van der Waals surface area contributed by atoms with Crippen molar-refractivity contribution >= 4 is 39.0 Å². The first-order valence-electron chi connectivity index (χ1n) is 5.76. The predicted molar refractivity (Wildman–Crippen MR) is 80.3 cm³/mol. The van der Waals surface area contributed by atoms with Gasteiger partial charge in [0, 0.05) is 18.7 Å². The lowest BCUT2D eigenvalue weighted by Crippen LogP contribution is -2.13. The van der Waals surface area contributed by atoms with Crippen LogP contribution >= 0.6 is 15.9 Å². The maximum absolute atomic E-state index is 12.1. The van der Waals surface area contributed by atoms with Crippen LogP contribution in [0.1, 0.15) is 10.4 Å². The van der Waals surface area contributed by atoms with Crippen LogP contribution in [0.25, 0.3) is 0 Å². The lowest BCUT2D eigenvalue weighted by atomic mass is 10.1. The van der Waals surface area contributed by atoms with Crippen LogP contribution in [0.4, 0.5) is 17.2 Å². The van der Waals surface area contributed by atoms with Crippen molar-refractivity contribution < 1.29 is 9.72 Å². The lowest BCUT2D eigenvalue weighted by molar-refractivity contribution is -0.383. The summed E-state index contributed by atoms with van der Waals surface area (Å²) in [6.45, 7) is 0. The highest BCUT2D eigenvalue weighted by molar-refractivity contribution is 9.10. The summed E-state index contributed by atoms with van der Waals surface area (Å²) in [6, 6.07) is 4.05. The number of anilines is 2. The number of halogens is 1. The molecule has 2 aromatic rings. The third kappa shape index (κ3) is 3.51. The van der Waals surface area contributed by atoms with Gasteiger partial charge in [-0.15, -0.1) is 0 Å². The fraction of sp³-hybridized carbons (Fsp3) is 0.0833. The zero-order chi connectivity index (χ0) is 15.4. The highest BCUT2D eigenvalue weighted by atomic mass is 79.9. The van der Waals surface area contributed by atoms with Crippen LogP contribution in [-0.2, 0) is 0 Å². The number of nitrogens with one attached hydrogen (secondary N) is 2. The molecule has 0 saturated carbocycles. The molecule has 1 aromatic heterocycles. The second-order valence-corrected chi connectivity index (χ2v) is 4.73. The van der Waals surface area contributed by atoms with Crippen molar-refractivity contribution in [1.82, 2.24) is 9.97 Å². The Morgan fingerprint density at radius 1 is 1.33 bits per heavy atom. The Morgan fingerprint density at radius 3 is 2.67 bits per heavy atom. The number of carbonyl (C=O) groups excluding carboxylic acids is 1. The molecule has 9 heteroatoms. The van der Waals surface area contributed by atoms with Gasteiger partial charge in [-0.2, -0.15) is 0 Å². The molecule has 2 N–H and O–H groups in total. The molecule has 21 heavy (non-hydrogen) atoms. The Labute approximate surface area is 127 Å². The van der Waals surface area contributed by atoms with Crippen LogP contribution in [-0.4, -0.2) is 27.8 Å². The summed E-state index contributed by atoms with van der Waals surface area (Å²) in [7, 11) is 1.55. The van der Waals surface area contributed by atoms with Crippen LogP contribution in [0.3, 0.4) is 0 Å². The molecular formula is C12H10BrN5O3. The molecule has 8 nitrogen and oxygen atoms in total. The first kappa shape index (κ1) is 14.9. The van der Waals surface area contributed by atoms with Crippen molar-refractivity contribution in [2.24, 2.45) is 0 Å². The summed E-state index contributed by atoms with van der Waals surface area (Å²) in [5.41, 5.74) is 0.432. The molecule has 0 radical (unpaired) electrons. The van der Waals surface area contributed by atoms with Gasteiger partial charge in [0.1, 0.15) is 10.3 Å². The summed E-state index contributed by atoms with van der Waals surface area (Å²) in [5.74, 6) is -0.148. The molecule has 2 rings (SSSR count). The lowest BCUT2D eigenvalue weighted by Gasteiger charge is -2.06. The zero-order valence-corrected chi connectivity index (χ0v) is 12.4. The van der Waals surface area contributed by atoms with E-state index in [9.17, 15) is 14.9 Å². The van der Waals surface area contributed by atoms with E-state index >= 15 is 0 Å². The van der Waals surface area contributed by atoms with E-state index in [1.54, 1.807) is 7.05 Å². The summed E-state index contributed by atoms with van der Waals surface area (Å²) in [5, 5.41) is 16.1. The number of aromatic nitrogens is 2. The average molecular weight is 352 g/mol. The molecule has 0 saturated heterocycles. The molecule has 0 bridgehead atoms. The monoisotopic (exact) mass is 351 g/mol. The second kappa shape index (κ2) is 6.27. The van der Waals surface area contributed by atoms with Crippen molar-refractivity contribution in [3.63, 3.8) is 0 Å². The Morgan fingerprint density at radius 2 is 2.10 bits per heavy atom. The molecule has 0 aliphatic carbocycles. The van der Waals surface area contributed by atoms with Gasteiger partial charge in [0.05, 0.1) is 17.3 Å². The molecule has 0 spiro atoms. The van der Waals surface area contributed by atoms with E-state index in [2.05, 4.69) is 36.5 Å². The van der Waals surface area contributed by atoms with Gasteiger partial charge < -0.3 is 10.6 Å². The summed E-state index contributed by atoms with van der Waals surface area (Å²) in [6.07, 6.45) is 2.84. The number of benzene rings is 1. The number of nitro benzene ring substituents is 1. The van der Waals surface area contributed by atoms with E-state index in [0.29, 0.717) is 4.60 Å². The number of amides is 1. The molecule has 1 aromatic carbocycles. The quantitative estimate of drug-likeness (QED) is 0.646. The Bertz CT molecular complexity index is 690. The fourth-order valence-corrected chi connectivity index (χ4v) is 1.81. The summed E-state index contributed by atoms with van der Waals surface area (Å²) in [4.78, 5) is 30.3. The van der Waals surface area contributed by atoms with Crippen LogP contribution in [0.2, 0.25) is 0 Å². The second-order valence-electron chi connectivity index (χ2n) is 3.92. The van der Waals surface area contributed by atoms with Gasteiger partial charge in [-0.1, -0.05) is 0 Å². The zero-order valence-electron chi connectivity index (χ0n) is 10.8. The van der Waals surface area contributed by atoms with E-state index in [4.69, 9.17) is 0 Å².